The van der Waals surface area contributed by atoms with Crippen LogP contribution in [0.1, 0.15) is 0 Å². The molecule has 0 fully saturated rings. The highest BCUT2D eigenvalue weighted by atomic mass is 79.9. The molecule has 4 rings (SSSR count). The van der Waals surface area contributed by atoms with Gasteiger partial charge in [0, 0.05) is 24.6 Å². The van der Waals surface area contributed by atoms with Crippen molar-refractivity contribution < 1.29 is 0 Å². The first-order chi connectivity index (χ1) is 9.83. The largest absolute Gasteiger partial charge is 0.134 e. The van der Waals surface area contributed by atoms with E-state index < -0.39 is 0 Å². The Morgan fingerprint density at radius 3 is 2.40 bits per heavy atom. The van der Waals surface area contributed by atoms with Gasteiger partial charge in [0.1, 0.15) is 0 Å². The molecule has 2 heteroatoms. The van der Waals surface area contributed by atoms with Crippen molar-refractivity contribution in [2.24, 2.45) is 0 Å². The van der Waals surface area contributed by atoms with Gasteiger partial charge in [0.2, 0.25) is 0 Å². The monoisotopic (exact) mass is 338 g/mol. The summed E-state index contributed by atoms with van der Waals surface area (Å²) in [6.07, 6.45) is 0. The summed E-state index contributed by atoms with van der Waals surface area (Å²) < 4.78 is 3.85. The van der Waals surface area contributed by atoms with E-state index in [1.165, 1.54) is 35.8 Å². The van der Waals surface area contributed by atoms with E-state index in [9.17, 15) is 0 Å². The van der Waals surface area contributed by atoms with Gasteiger partial charge in [0.15, 0.2) is 0 Å². The molecule has 0 radical (unpaired) electrons. The molecule has 1 aromatic heterocycles. The van der Waals surface area contributed by atoms with Crippen LogP contribution in [-0.2, 0) is 0 Å². The average Bonchev–Trinajstić information content (AvgIpc) is 2.87. The molecule has 0 atom stereocenters. The summed E-state index contributed by atoms with van der Waals surface area (Å²) in [4.78, 5) is 0. The molecule has 4 aromatic rings. The molecule has 0 saturated carbocycles. The van der Waals surface area contributed by atoms with Crippen LogP contribution in [0.4, 0.5) is 0 Å². The van der Waals surface area contributed by atoms with Crippen LogP contribution >= 0.6 is 27.3 Å². The Kier molecular flexibility index (Phi) is 2.86. The SMILES string of the molecule is Brc1cccc2c1sc1cc(-c3ccccc3)ccc12. The lowest BCUT2D eigenvalue weighted by Gasteiger charge is -2.01. The van der Waals surface area contributed by atoms with E-state index in [0.717, 1.165) is 0 Å². The zero-order valence-corrected chi connectivity index (χ0v) is 13.0. The van der Waals surface area contributed by atoms with Crippen molar-refractivity contribution in [3.8, 4) is 11.1 Å². The molecule has 0 aliphatic heterocycles. The van der Waals surface area contributed by atoms with Gasteiger partial charge in [-0.2, -0.15) is 0 Å². The van der Waals surface area contributed by atoms with Crippen LogP contribution in [0.25, 0.3) is 31.3 Å². The Hall–Kier alpha value is -1.64. The van der Waals surface area contributed by atoms with Crippen LogP contribution in [0.2, 0.25) is 0 Å². The standard InChI is InChI=1S/C18H11BrS/c19-16-8-4-7-15-14-10-9-13(11-17(14)20-18(15)16)12-5-2-1-3-6-12/h1-11H. The third-order valence-electron chi connectivity index (χ3n) is 3.56. The van der Waals surface area contributed by atoms with Crippen molar-refractivity contribution in [3.63, 3.8) is 0 Å². The van der Waals surface area contributed by atoms with Crippen LogP contribution in [0.5, 0.6) is 0 Å². The molecule has 0 aliphatic rings. The topological polar surface area (TPSA) is 0 Å². The molecule has 0 unspecified atom stereocenters. The summed E-state index contributed by atoms with van der Waals surface area (Å²) in [6, 6.07) is 23.7. The Bertz CT molecular complexity index is 907. The molecule has 96 valence electrons. The average molecular weight is 339 g/mol. The number of thiophene rings is 1. The highest BCUT2D eigenvalue weighted by Crippen LogP contribution is 2.39. The second-order valence-electron chi connectivity index (χ2n) is 4.80. The highest BCUT2D eigenvalue weighted by molar-refractivity contribution is 9.10. The van der Waals surface area contributed by atoms with Crippen LogP contribution in [0.15, 0.2) is 71.2 Å². The summed E-state index contributed by atoms with van der Waals surface area (Å²) in [5, 5.41) is 2.67. The molecule has 0 amide bonds. The van der Waals surface area contributed by atoms with Gasteiger partial charge >= 0.3 is 0 Å². The van der Waals surface area contributed by atoms with Gasteiger partial charge in [-0.05, 0) is 39.2 Å². The van der Waals surface area contributed by atoms with Crippen molar-refractivity contribution in [1.82, 2.24) is 0 Å². The molecule has 0 bridgehead atoms. The van der Waals surface area contributed by atoms with Crippen molar-refractivity contribution in [3.05, 3.63) is 71.2 Å². The molecule has 0 saturated heterocycles. The van der Waals surface area contributed by atoms with Crippen molar-refractivity contribution in [2.75, 3.05) is 0 Å². The second kappa shape index (κ2) is 4.72. The van der Waals surface area contributed by atoms with E-state index in [0.29, 0.717) is 0 Å². The summed E-state index contributed by atoms with van der Waals surface area (Å²) in [5.74, 6) is 0. The van der Waals surface area contributed by atoms with Gasteiger partial charge in [-0.1, -0.05) is 54.6 Å². The number of hydrogen-bond donors (Lipinski definition) is 0. The fourth-order valence-electron chi connectivity index (χ4n) is 2.57. The van der Waals surface area contributed by atoms with Crippen LogP contribution in [0.3, 0.4) is 0 Å². The minimum atomic E-state index is 1.18. The lowest BCUT2D eigenvalue weighted by Crippen LogP contribution is -1.75. The third kappa shape index (κ3) is 1.88. The number of rotatable bonds is 1. The summed E-state index contributed by atoms with van der Waals surface area (Å²) in [7, 11) is 0. The second-order valence-corrected chi connectivity index (χ2v) is 6.70. The molecule has 3 aromatic carbocycles. The number of hydrogen-bond acceptors (Lipinski definition) is 1. The number of fused-ring (bicyclic) bond motifs is 3. The quantitative estimate of drug-likeness (QED) is 0.372. The van der Waals surface area contributed by atoms with Crippen molar-refractivity contribution in [2.45, 2.75) is 0 Å². The third-order valence-corrected chi connectivity index (χ3v) is 5.68. The minimum Gasteiger partial charge on any atom is -0.134 e. The van der Waals surface area contributed by atoms with Crippen LogP contribution < -0.4 is 0 Å². The summed E-state index contributed by atoms with van der Waals surface area (Å²) in [5.41, 5.74) is 2.55. The van der Waals surface area contributed by atoms with E-state index in [-0.39, 0.29) is 0 Å². The Labute approximate surface area is 129 Å². The van der Waals surface area contributed by atoms with Gasteiger partial charge in [-0.15, -0.1) is 11.3 Å². The maximum atomic E-state index is 3.65. The van der Waals surface area contributed by atoms with Gasteiger partial charge in [0.25, 0.3) is 0 Å². The van der Waals surface area contributed by atoms with E-state index in [1.807, 2.05) is 11.3 Å². The molecular formula is C18H11BrS. The highest BCUT2D eigenvalue weighted by Gasteiger charge is 2.08. The lowest BCUT2D eigenvalue weighted by atomic mass is 10.0. The Balaban J connectivity index is 2.01. The minimum absolute atomic E-state index is 1.18. The molecule has 0 aliphatic carbocycles. The van der Waals surface area contributed by atoms with Crippen LogP contribution in [-0.4, -0.2) is 0 Å². The predicted octanol–water partition coefficient (Wildman–Crippen LogP) is 6.48. The number of benzene rings is 3. The zero-order chi connectivity index (χ0) is 13.5. The fraction of sp³-hybridized carbons (Fsp3) is 0. The van der Waals surface area contributed by atoms with Crippen molar-refractivity contribution >= 4 is 47.4 Å². The van der Waals surface area contributed by atoms with Gasteiger partial charge in [-0.25, -0.2) is 0 Å². The maximum Gasteiger partial charge on any atom is 0.0497 e. The molecule has 0 nitrogen and oxygen atoms in total. The first-order valence-corrected chi connectivity index (χ1v) is 8.10. The van der Waals surface area contributed by atoms with Crippen LogP contribution in [0, 0.1) is 0 Å². The molecule has 1 heterocycles. The van der Waals surface area contributed by atoms with E-state index in [2.05, 4.69) is 82.7 Å². The van der Waals surface area contributed by atoms with Crippen molar-refractivity contribution in [1.29, 1.82) is 0 Å². The Morgan fingerprint density at radius 1 is 0.700 bits per heavy atom. The van der Waals surface area contributed by atoms with E-state index >= 15 is 0 Å². The van der Waals surface area contributed by atoms with Gasteiger partial charge < -0.3 is 0 Å². The predicted molar refractivity (Wildman–Crippen MR) is 92.5 cm³/mol. The Morgan fingerprint density at radius 2 is 1.55 bits per heavy atom. The molecule has 0 N–H and O–H groups in total. The van der Waals surface area contributed by atoms with Gasteiger partial charge in [-0.3, -0.25) is 0 Å². The fourth-order valence-corrected chi connectivity index (χ4v) is 4.33. The maximum absolute atomic E-state index is 3.65. The summed E-state index contributed by atoms with van der Waals surface area (Å²) in [6.45, 7) is 0. The van der Waals surface area contributed by atoms with E-state index in [4.69, 9.17) is 0 Å². The van der Waals surface area contributed by atoms with E-state index in [1.54, 1.807) is 0 Å². The zero-order valence-electron chi connectivity index (χ0n) is 10.6. The number of halogens is 1. The molecule has 0 spiro atoms. The summed E-state index contributed by atoms with van der Waals surface area (Å²) >= 11 is 5.50. The smallest absolute Gasteiger partial charge is 0.0497 e. The first kappa shape index (κ1) is 12.1. The first-order valence-electron chi connectivity index (χ1n) is 6.49. The lowest BCUT2D eigenvalue weighted by molar-refractivity contribution is 1.66. The van der Waals surface area contributed by atoms with Gasteiger partial charge in [0.05, 0.1) is 0 Å². The normalized spacial score (nSPS) is 11.2. The molecule has 20 heavy (non-hydrogen) atoms. The molecular weight excluding hydrogens is 328 g/mol.